The first-order valence-electron chi connectivity index (χ1n) is 12.4. The second-order valence-electron chi connectivity index (χ2n) is 9.62. The Kier molecular flexibility index (Phi) is 8.69. The molecule has 0 aliphatic carbocycles. The minimum Gasteiger partial charge on any atom is -0.371 e. The van der Waals surface area contributed by atoms with Gasteiger partial charge in [0.1, 0.15) is 6.04 Å². The van der Waals surface area contributed by atoms with Gasteiger partial charge in [-0.15, -0.1) is 0 Å². The van der Waals surface area contributed by atoms with Crippen molar-refractivity contribution in [2.75, 3.05) is 36.0 Å². The standard InChI is InChI=1S/C26H33BrN4O4S/c1-18-6-2-3-12-31(18)13-5-11-28-25(32)20-9-10-22-23(15-20)30-26(33)24(29-22)17-36(34,35)16-19-7-4-8-21(27)14-19/h4,7-10,14-15,18,24,29H,2-3,5-6,11-13,16-17H2,1H3,(H,28,32)(H,30,33)/t18-,24-/m0/s1. The first kappa shape index (κ1) is 26.6. The van der Waals surface area contributed by atoms with Crippen molar-refractivity contribution in [3.05, 3.63) is 58.1 Å². The fourth-order valence-corrected chi connectivity index (χ4v) is 6.77. The Bertz CT molecular complexity index is 1220. The van der Waals surface area contributed by atoms with Crippen LogP contribution in [0.3, 0.4) is 0 Å². The number of sulfone groups is 1. The van der Waals surface area contributed by atoms with Crippen LogP contribution >= 0.6 is 15.9 Å². The number of fused-ring (bicyclic) bond motifs is 1. The Balaban J connectivity index is 1.30. The number of amides is 2. The Labute approximate surface area is 221 Å². The number of halogens is 1. The predicted molar refractivity (Wildman–Crippen MR) is 146 cm³/mol. The van der Waals surface area contributed by atoms with Crippen LogP contribution in [-0.4, -0.2) is 62.6 Å². The second kappa shape index (κ2) is 11.7. The molecule has 8 nitrogen and oxygen atoms in total. The van der Waals surface area contributed by atoms with Crippen LogP contribution in [0.25, 0.3) is 0 Å². The highest BCUT2D eigenvalue weighted by atomic mass is 79.9. The van der Waals surface area contributed by atoms with Crippen molar-refractivity contribution in [3.8, 4) is 0 Å². The molecule has 2 atom stereocenters. The lowest BCUT2D eigenvalue weighted by Gasteiger charge is -2.33. The Morgan fingerprint density at radius 2 is 2.00 bits per heavy atom. The van der Waals surface area contributed by atoms with Crippen LogP contribution in [0.2, 0.25) is 0 Å². The van der Waals surface area contributed by atoms with Gasteiger partial charge in [0.05, 0.1) is 22.9 Å². The number of hydrogen-bond acceptors (Lipinski definition) is 6. The Morgan fingerprint density at radius 1 is 1.17 bits per heavy atom. The summed E-state index contributed by atoms with van der Waals surface area (Å²) in [5, 5.41) is 8.73. The number of rotatable bonds is 9. The highest BCUT2D eigenvalue weighted by Gasteiger charge is 2.30. The van der Waals surface area contributed by atoms with Crippen LogP contribution in [0.4, 0.5) is 11.4 Å². The molecule has 0 bridgehead atoms. The summed E-state index contributed by atoms with van der Waals surface area (Å²) in [7, 11) is -3.54. The number of carbonyl (C=O) groups is 2. The van der Waals surface area contributed by atoms with Crippen molar-refractivity contribution in [1.82, 2.24) is 10.2 Å². The lowest BCUT2D eigenvalue weighted by Crippen LogP contribution is -2.43. The predicted octanol–water partition coefficient (Wildman–Crippen LogP) is 3.79. The minimum absolute atomic E-state index is 0.152. The van der Waals surface area contributed by atoms with Gasteiger partial charge in [-0.3, -0.25) is 9.59 Å². The Morgan fingerprint density at radius 3 is 2.78 bits per heavy atom. The van der Waals surface area contributed by atoms with Crippen molar-refractivity contribution in [2.45, 2.75) is 50.4 Å². The minimum atomic E-state index is -3.54. The molecule has 2 aromatic rings. The third kappa shape index (κ3) is 7.08. The lowest BCUT2D eigenvalue weighted by atomic mass is 10.0. The van der Waals surface area contributed by atoms with Gasteiger partial charge >= 0.3 is 0 Å². The smallest absolute Gasteiger partial charge is 0.251 e. The number of carbonyl (C=O) groups excluding carboxylic acids is 2. The maximum absolute atomic E-state index is 12.7. The SMILES string of the molecule is C[C@H]1CCCCN1CCCNC(=O)c1ccc2c(c1)NC(=O)[C@H](CS(=O)(=O)Cc1cccc(Br)c1)N2. The summed E-state index contributed by atoms with van der Waals surface area (Å²) in [4.78, 5) is 27.8. The molecule has 3 N–H and O–H groups in total. The van der Waals surface area contributed by atoms with Crippen LogP contribution in [0, 0.1) is 0 Å². The molecular formula is C26H33BrN4O4S. The van der Waals surface area contributed by atoms with Crippen LogP contribution in [0.15, 0.2) is 46.9 Å². The maximum Gasteiger partial charge on any atom is 0.251 e. The van der Waals surface area contributed by atoms with Gasteiger partial charge in [0.25, 0.3) is 5.91 Å². The molecule has 0 spiro atoms. The van der Waals surface area contributed by atoms with Crippen molar-refractivity contribution in [3.63, 3.8) is 0 Å². The zero-order valence-corrected chi connectivity index (χ0v) is 22.8. The normalized spacial score (nSPS) is 20.2. The molecule has 36 heavy (non-hydrogen) atoms. The maximum atomic E-state index is 12.7. The van der Waals surface area contributed by atoms with E-state index >= 15 is 0 Å². The molecule has 0 saturated carbocycles. The number of nitrogens with zero attached hydrogens (tertiary/aromatic N) is 1. The number of anilines is 2. The highest BCUT2D eigenvalue weighted by Crippen LogP contribution is 2.28. The van der Waals surface area contributed by atoms with E-state index in [1.54, 1.807) is 36.4 Å². The molecule has 1 saturated heterocycles. The molecule has 0 unspecified atom stereocenters. The van der Waals surface area contributed by atoms with E-state index in [9.17, 15) is 18.0 Å². The van der Waals surface area contributed by atoms with Crippen LogP contribution in [0.5, 0.6) is 0 Å². The molecule has 10 heteroatoms. The zero-order chi connectivity index (χ0) is 25.7. The summed E-state index contributed by atoms with van der Waals surface area (Å²) in [5.41, 5.74) is 2.16. The monoisotopic (exact) mass is 576 g/mol. The van der Waals surface area contributed by atoms with Gasteiger partial charge in [0.2, 0.25) is 5.91 Å². The van der Waals surface area contributed by atoms with E-state index in [-0.39, 0.29) is 17.4 Å². The van der Waals surface area contributed by atoms with Crippen LogP contribution in [-0.2, 0) is 20.4 Å². The van der Waals surface area contributed by atoms with Crippen molar-refractivity contribution in [2.24, 2.45) is 0 Å². The number of hydrogen-bond donors (Lipinski definition) is 3. The van der Waals surface area contributed by atoms with E-state index in [2.05, 4.69) is 43.7 Å². The average molecular weight is 578 g/mol. The van der Waals surface area contributed by atoms with Crippen molar-refractivity contribution >= 4 is 49.0 Å². The average Bonchev–Trinajstić information content (AvgIpc) is 2.82. The molecule has 2 aromatic carbocycles. The van der Waals surface area contributed by atoms with Crippen molar-refractivity contribution in [1.29, 1.82) is 0 Å². The van der Waals surface area contributed by atoms with Crippen molar-refractivity contribution < 1.29 is 18.0 Å². The van der Waals surface area contributed by atoms with E-state index in [1.165, 1.54) is 19.3 Å². The number of likely N-dealkylation sites (tertiary alicyclic amines) is 1. The summed E-state index contributed by atoms with van der Waals surface area (Å²) >= 11 is 3.35. The molecule has 0 radical (unpaired) electrons. The molecule has 194 valence electrons. The first-order valence-corrected chi connectivity index (χ1v) is 15.0. The quantitative estimate of drug-likeness (QED) is 0.392. The van der Waals surface area contributed by atoms with Crippen LogP contribution in [0.1, 0.15) is 48.5 Å². The van der Waals surface area contributed by atoms with Gasteiger partial charge in [-0.2, -0.15) is 0 Å². The van der Waals surface area contributed by atoms with Crippen LogP contribution < -0.4 is 16.0 Å². The summed E-state index contributed by atoms with van der Waals surface area (Å²) < 4.78 is 26.3. The zero-order valence-electron chi connectivity index (χ0n) is 20.4. The number of benzene rings is 2. The molecule has 2 aliphatic rings. The van der Waals surface area contributed by atoms with Gasteiger partial charge in [0.15, 0.2) is 9.84 Å². The van der Waals surface area contributed by atoms with E-state index < -0.39 is 21.8 Å². The lowest BCUT2D eigenvalue weighted by molar-refractivity contribution is -0.116. The summed E-state index contributed by atoms with van der Waals surface area (Å²) in [6.07, 6.45) is 4.65. The molecule has 1 fully saturated rings. The summed E-state index contributed by atoms with van der Waals surface area (Å²) in [6.45, 7) is 4.94. The topological polar surface area (TPSA) is 108 Å². The Hall–Kier alpha value is -2.43. The second-order valence-corrected chi connectivity index (χ2v) is 12.6. The molecular weight excluding hydrogens is 544 g/mol. The van der Waals surface area contributed by atoms with Gasteiger partial charge < -0.3 is 20.9 Å². The van der Waals surface area contributed by atoms with Gasteiger partial charge in [-0.05, 0) is 68.6 Å². The summed E-state index contributed by atoms with van der Waals surface area (Å²) in [5.74, 6) is -1.12. The van der Waals surface area contributed by atoms with E-state index in [4.69, 9.17) is 0 Å². The van der Waals surface area contributed by atoms with E-state index in [1.807, 2.05) is 6.07 Å². The van der Waals surface area contributed by atoms with Gasteiger partial charge in [-0.1, -0.05) is 34.5 Å². The highest BCUT2D eigenvalue weighted by molar-refractivity contribution is 9.10. The third-order valence-corrected chi connectivity index (χ3v) is 8.84. The molecule has 0 aromatic heterocycles. The molecule has 2 amide bonds. The first-order chi connectivity index (χ1) is 17.2. The third-order valence-electron chi connectivity index (χ3n) is 6.73. The summed E-state index contributed by atoms with van der Waals surface area (Å²) in [6, 6.07) is 11.8. The largest absolute Gasteiger partial charge is 0.371 e. The van der Waals surface area contributed by atoms with Gasteiger partial charge in [-0.25, -0.2) is 8.42 Å². The van der Waals surface area contributed by atoms with E-state index in [0.29, 0.717) is 35.1 Å². The molecule has 2 heterocycles. The van der Waals surface area contributed by atoms with Gasteiger partial charge in [0, 0.05) is 29.2 Å². The fourth-order valence-electron chi connectivity index (χ4n) is 4.77. The number of nitrogens with one attached hydrogen (secondary N) is 3. The fraction of sp³-hybridized carbons (Fsp3) is 0.462. The number of piperidine rings is 1. The van der Waals surface area contributed by atoms with E-state index in [0.717, 1.165) is 24.0 Å². The molecule has 2 aliphatic heterocycles. The molecule has 4 rings (SSSR count).